The number of hydrogen-bond donors (Lipinski definition) is 2. The Bertz CT molecular complexity index is 737. The topological polar surface area (TPSA) is 75.6 Å². The lowest BCUT2D eigenvalue weighted by molar-refractivity contribution is -0.137. The van der Waals surface area contributed by atoms with Gasteiger partial charge < -0.3 is 15.2 Å². The van der Waals surface area contributed by atoms with Crippen LogP contribution in [-0.4, -0.2) is 17.2 Å². The average Bonchev–Trinajstić information content (AvgIpc) is 2.60. The summed E-state index contributed by atoms with van der Waals surface area (Å²) in [6, 6.07) is 13.6. The second-order valence-electron chi connectivity index (χ2n) is 5.36. The monoisotopic (exact) mass is 381 g/mol. The molecule has 0 aromatic heterocycles. The molecule has 2 N–H and O–H groups in total. The average molecular weight is 382 g/mol. The van der Waals surface area contributed by atoms with E-state index in [-0.39, 0.29) is 19.4 Å². The van der Waals surface area contributed by atoms with Crippen LogP contribution in [0.5, 0.6) is 0 Å². The molecule has 7 heteroatoms. The Labute approximate surface area is 155 Å². The van der Waals surface area contributed by atoms with E-state index in [9.17, 15) is 9.59 Å². The number of hydrogen-bond acceptors (Lipinski definition) is 3. The van der Waals surface area contributed by atoms with Gasteiger partial charge in [-0.25, -0.2) is 4.79 Å². The fraction of sp³-hybridized carbons (Fsp3) is 0.222. The van der Waals surface area contributed by atoms with Crippen LogP contribution in [0, 0.1) is 0 Å². The van der Waals surface area contributed by atoms with Crippen molar-refractivity contribution >= 4 is 35.3 Å². The third-order valence-corrected chi connectivity index (χ3v) is 4.24. The van der Waals surface area contributed by atoms with Gasteiger partial charge in [-0.2, -0.15) is 0 Å². The van der Waals surface area contributed by atoms with Crippen molar-refractivity contribution < 1.29 is 19.4 Å². The van der Waals surface area contributed by atoms with E-state index in [1.54, 1.807) is 18.2 Å². The third-order valence-electron chi connectivity index (χ3n) is 3.50. The Hall–Kier alpha value is -2.24. The molecule has 0 fully saturated rings. The molecule has 1 atom stereocenters. The second-order valence-corrected chi connectivity index (χ2v) is 6.18. The Morgan fingerprint density at radius 1 is 1.08 bits per heavy atom. The minimum Gasteiger partial charge on any atom is -0.481 e. The predicted octanol–water partition coefficient (Wildman–Crippen LogP) is 4.83. The smallest absolute Gasteiger partial charge is 0.407 e. The highest BCUT2D eigenvalue weighted by atomic mass is 35.5. The van der Waals surface area contributed by atoms with E-state index in [0.717, 1.165) is 5.56 Å². The highest BCUT2D eigenvalue weighted by Crippen LogP contribution is 2.27. The van der Waals surface area contributed by atoms with Gasteiger partial charge in [0.2, 0.25) is 0 Å². The van der Waals surface area contributed by atoms with Crippen LogP contribution >= 0.6 is 23.2 Å². The summed E-state index contributed by atoms with van der Waals surface area (Å²) in [6.07, 6.45) is -0.539. The second kappa shape index (κ2) is 9.30. The number of rotatable bonds is 7. The van der Waals surface area contributed by atoms with Crippen molar-refractivity contribution in [2.75, 3.05) is 0 Å². The largest absolute Gasteiger partial charge is 0.481 e. The van der Waals surface area contributed by atoms with Gasteiger partial charge in [-0.15, -0.1) is 0 Å². The maximum atomic E-state index is 12.1. The van der Waals surface area contributed by atoms with Crippen molar-refractivity contribution in [3.63, 3.8) is 0 Å². The zero-order valence-corrected chi connectivity index (χ0v) is 14.8. The van der Waals surface area contributed by atoms with Crippen molar-refractivity contribution in [2.45, 2.75) is 25.5 Å². The quantitative estimate of drug-likeness (QED) is 0.720. The van der Waals surface area contributed by atoms with Crippen molar-refractivity contribution in [1.29, 1.82) is 0 Å². The van der Waals surface area contributed by atoms with Crippen LogP contribution < -0.4 is 5.32 Å². The first-order valence-electron chi connectivity index (χ1n) is 7.59. The molecule has 0 saturated carbocycles. The molecule has 5 nitrogen and oxygen atoms in total. The summed E-state index contributed by atoms with van der Waals surface area (Å²) in [6.45, 7) is 0.125. The fourth-order valence-corrected chi connectivity index (χ4v) is 2.53. The zero-order chi connectivity index (χ0) is 18.2. The standard InChI is InChI=1S/C18H17Cl2NO4/c19-14-7-6-13(10-15(14)20)16(8-9-17(22)23)21-18(24)25-11-12-4-2-1-3-5-12/h1-7,10,16H,8-9,11H2,(H,21,24)(H,22,23). The van der Waals surface area contributed by atoms with Gasteiger partial charge in [0.1, 0.15) is 6.61 Å². The number of nitrogens with one attached hydrogen (secondary N) is 1. The van der Waals surface area contributed by atoms with Crippen LogP contribution in [0.25, 0.3) is 0 Å². The molecule has 0 aliphatic carbocycles. The van der Waals surface area contributed by atoms with Gasteiger partial charge in [0.05, 0.1) is 16.1 Å². The maximum Gasteiger partial charge on any atom is 0.407 e. The van der Waals surface area contributed by atoms with Crippen LogP contribution in [0.2, 0.25) is 10.0 Å². The highest BCUT2D eigenvalue weighted by Gasteiger charge is 2.18. The molecule has 2 rings (SSSR count). The summed E-state index contributed by atoms with van der Waals surface area (Å²) >= 11 is 11.9. The highest BCUT2D eigenvalue weighted by molar-refractivity contribution is 6.42. The number of carbonyl (C=O) groups is 2. The Morgan fingerprint density at radius 2 is 1.80 bits per heavy atom. The number of alkyl carbamates (subject to hydrolysis) is 1. The molecule has 0 radical (unpaired) electrons. The number of aliphatic carboxylic acids is 1. The van der Waals surface area contributed by atoms with E-state index in [1.165, 1.54) is 0 Å². The number of amides is 1. The normalized spacial score (nSPS) is 11.6. The van der Waals surface area contributed by atoms with E-state index in [1.807, 2.05) is 30.3 Å². The maximum absolute atomic E-state index is 12.1. The molecule has 0 saturated heterocycles. The van der Waals surface area contributed by atoms with Gasteiger partial charge in [0.15, 0.2) is 0 Å². The van der Waals surface area contributed by atoms with Crippen LogP contribution in [0.15, 0.2) is 48.5 Å². The molecule has 1 amide bonds. The number of benzene rings is 2. The number of carboxylic acid groups (broad SMARTS) is 1. The fourth-order valence-electron chi connectivity index (χ4n) is 2.23. The van der Waals surface area contributed by atoms with Crippen LogP contribution in [0.1, 0.15) is 30.0 Å². The summed E-state index contributed by atoms with van der Waals surface area (Å²) < 4.78 is 5.18. The molecule has 1 unspecified atom stereocenters. The minimum absolute atomic E-state index is 0.107. The lowest BCUT2D eigenvalue weighted by Crippen LogP contribution is -2.29. The van der Waals surface area contributed by atoms with Gasteiger partial charge in [-0.05, 0) is 29.7 Å². The Kier molecular flexibility index (Phi) is 7.10. The van der Waals surface area contributed by atoms with E-state index >= 15 is 0 Å². The summed E-state index contributed by atoms with van der Waals surface area (Å²) in [5.41, 5.74) is 1.52. The predicted molar refractivity (Wildman–Crippen MR) is 95.8 cm³/mol. The third kappa shape index (κ3) is 6.29. The van der Waals surface area contributed by atoms with E-state index < -0.39 is 18.1 Å². The molecule has 2 aromatic carbocycles. The molecule has 132 valence electrons. The van der Waals surface area contributed by atoms with E-state index in [4.69, 9.17) is 33.0 Å². The number of halogens is 2. The lowest BCUT2D eigenvalue weighted by atomic mass is 10.0. The molecule has 0 heterocycles. The van der Waals surface area contributed by atoms with Gasteiger partial charge in [0, 0.05) is 6.42 Å². The van der Waals surface area contributed by atoms with Crippen LogP contribution in [-0.2, 0) is 16.1 Å². The van der Waals surface area contributed by atoms with Gasteiger partial charge in [-0.3, -0.25) is 4.79 Å². The Morgan fingerprint density at radius 3 is 2.44 bits per heavy atom. The van der Waals surface area contributed by atoms with Gasteiger partial charge in [-0.1, -0.05) is 59.6 Å². The number of carbonyl (C=O) groups excluding carboxylic acids is 1. The van der Waals surface area contributed by atoms with Gasteiger partial charge in [0.25, 0.3) is 0 Å². The molecule has 0 bridgehead atoms. The SMILES string of the molecule is O=C(O)CCC(NC(=O)OCc1ccccc1)c1ccc(Cl)c(Cl)c1. The molecular weight excluding hydrogens is 365 g/mol. The van der Waals surface area contributed by atoms with E-state index in [2.05, 4.69) is 5.32 Å². The first-order chi connectivity index (χ1) is 12.0. The molecular formula is C18H17Cl2NO4. The summed E-state index contributed by atoms with van der Waals surface area (Å²) in [5, 5.41) is 12.3. The van der Waals surface area contributed by atoms with Crippen molar-refractivity contribution in [3.05, 3.63) is 69.7 Å². The first-order valence-corrected chi connectivity index (χ1v) is 8.35. The van der Waals surface area contributed by atoms with E-state index in [0.29, 0.717) is 15.6 Å². The van der Waals surface area contributed by atoms with Crippen molar-refractivity contribution in [3.8, 4) is 0 Å². The summed E-state index contributed by atoms with van der Waals surface area (Å²) in [7, 11) is 0. The van der Waals surface area contributed by atoms with Crippen LogP contribution in [0.4, 0.5) is 4.79 Å². The molecule has 2 aromatic rings. The Balaban J connectivity index is 2.02. The minimum atomic E-state index is -0.954. The molecule has 0 aliphatic rings. The van der Waals surface area contributed by atoms with Gasteiger partial charge >= 0.3 is 12.1 Å². The molecule has 0 aliphatic heterocycles. The zero-order valence-electron chi connectivity index (χ0n) is 13.2. The number of ether oxygens (including phenoxy) is 1. The first kappa shape index (κ1) is 19.1. The van der Waals surface area contributed by atoms with Crippen molar-refractivity contribution in [1.82, 2.24) is 5.32 Å². The van der Waals surface area contributed by atoms with Crippen molar-refractivity contribution in [2.24, 2.45) is 0 Å². The van der Waals surface area contributed by atoms with Crippen LogP contribution in [0.3, 0.4) is 0 Å². The molecule has 25 heavy (non-hydrogen) atoms. The lowest BCUT2D eigenvalue weighted by Gasteiger charge is -2.19. The summed E-state index contributed by atoms with van der Waals surface area (Å²) in [4.78, 5) is 22.9. The number of carboxylic acids is 1. The summed E-state index contributed by atoms with van der Waals surface area (Å²) in [5.74, 6) is -0.954. The molecule has 0 spiro atoms.